The van der Waals surface area contributed by atoms with Gasteiger partial charge in [-0.2, -0.15) is 0 Å². The molecule has 0 atom stereocenters. The second kappa shape index (κ2) is 3.95. The molecule has 0 bridgehead atoms. The van der Waals surface area contributed by atoms with E-state index in [4.69, 9.17) is 0 Å². The third-order valence-electron chi connectivity index (χ3n) is 2.22. The van der Waals surface area contributed by atoms with Gasteiger partial charge in [0.15, 0.2) is 0 Å². The molecule has 2 nitrogen and oxygen atoms in total. The number of aryl methyl sites for hydroxylation is 1. The number of hydrogen-bond donors (Lipinski definition) is 0. The van der Waals surface area contributed by atoms with Crippen LogP contribution >= 0.6 is 0 Å². The van der Waals surface area contributed by atoms with Crippen molar-refractivity contribution in [2.45, 2.75) is 52.5 Å². The second-order valence-electron chi connectivity index (χ2n) is 4.53. The van der Waals surface area contributed by atoms with E-state index in [0.29, 0.717) is 0 Å². The summed E-state index contributed by atoms with van der Waals surface area (Å²) in [5.41, 5.74) is 1.52. The average molecular weight is 180 g/mol. The van der Waals surface area contributed by atoms with Crippen LogP contribution in [0.4, 0.5) is 0 Å². The van der Waals surface area contributed by atoms with Crippen LogP contribution in [0.25, 0.3) is 0 Å². The molecule has 0 aliphatic rings. The molecule has 0 spiro atoms. The fourth-order valence-electron chi connectivity index (χ4n) is 1.47. The van der Waals surface area contributed by atoms with Gasteiger partial charge in [-0.3, -0.25) is 0 Å². The Morgan fingerprint density at radius 3 is 2.62 bits per heavy atom. The van der Waals surface area contributed by atoms with Gasteiger partial charge in [0.2, 0.25) is 0 Å². The third-order valence-corrected chi connectivity index (χ3v) is 2.22. The molecule has 13 heavy (non-hydrogen) atoms. The van der Waals surface area contributed by atoms with Gasteiger partial charge in [0.25, 0.3) is 0 Å². The van der Waals surface area contributed by atoms with Gasteiger partial charge in [0, 0.05) is 17.4 Å². The Morgan fingerprint density at radius 2 is 2.08 bits per heavy atom. The van der Waals surface area contributed by atoms with Crippen molar-refractivity contribution in [2.24, 2.45) is 0 Å². The highest BCUT2D eigenvalue weighted by atomic mass is 15.1. The zero-order valence-electron chi connectivity index (χ0n) is 9.17. The van der Waals surface area contributed by atoms with Gasteiger partial charge in [-0.1, -0.05) is 13.3 Å². The summed E-state index contributed by atoms with van der Waals surface area (Å²) in [4.78, 5) is 4.20. The van der Waals surface area contributed by atoms with Crippen LogP contribution in [0.2, 0.25) is 0 Å². The molecule has 0 aromatic carbocycles. The van der Waals surface area contributed by atoms with Gasteiger partial charge < -0.3 is 4.57 Å². The molecular weight excluding hydrogens is 160 g/mol. The second-order valence-corrected chi connectivity index (χ2v) is 4.53. The van der Waals surface area contributed by atoms with Crippen molar-refractivity contribution in [3.05, 3.63) is 18.2 Å². The summed E-state index contributed by atoms with van der Waals surface area (Å²) in [6, 6.07) is 0. The number of aromatic nitrogens is 2. The first kappa shape index (κ1) is 10.3. The van der Waals surface area contributed by atoms with E-state index in [-0.39, 0.29) is 5.54 Å². The predicted octanol–water partition coefficient (Wildman–Crippen LogP) is 2.98. The lowest BCUT2D eigenvalue weighted by Gasteiger charge is -2.23. The maximum atomic E-state index is 4.20. The molecule has 74 valence electrons. The van der Waals surface area contributed by atoms with Crippen LogP contribution in [0.1, 0.15) is 46.2 Å². The summed E-state index contributed by atoms with van der Waals surface area (Å²) < 4.78 is 2.27. The Bertz CT molecular complexity index is 255. The zero-order valence-corrected chi connectivity index (χ0v) is 9.17. The molecule has 0 unspecified atom stereocenters. The molecule has 0 saturated heterocycles. The Morgan fingerprint density at radius 1 is 1.38 bits per heavy atom. The van der Waals surface area contributed by atoms with Gasteiger partial charge in [-0.15, -0.1) is 0 Å². The molecule has 1 heterocycles. The minimum Gasteiger partial charge on any atom is -0.329 e. The Balaban J connectivity index is 2.77. The fourth-order valence-corrected chi connectivity index (χ4v) is 1.47. The van der Waals surface area contributed by atoms with Crippen molar-refractivity contribution < 1.29 is 0 Å². The minimum atomic E-state index is 0.166. The summed E-state index contributed by atoms with van der Waals surface area (Å²) in [7, 11) is 0. The van der Waals surface area contributed by atoms with E-state index < -0.39 is 0 Å². The number of imidazole rings is 1. The molecule has 0 amide bonds. The maximum absolute atomic E-state index is 4.20. The van der Waals surface area contributed by atoms with E-state index in [2.05, 4.69) is 37.2 Å². The maximum Gasteiger partial charge on any atom is 0.0953 e. The molecular formula is C11H20N2. The highest BCUT2D eigenvalue weighted by molar-refractivity contribution is 5.02. The first-order valence-corrected chi connectivity index (χ1v) is 5.07. The van der Waals surface area contributed by atoms with E-state index in [1.807, 2.05) is 12.5 Å². The standard InChI is InChI=1S/C11H20N2/c1-5-6-7-10-8-12-9-13(10)11(2,3)4/h8-9H,5-7H2,1-4H3. The van der Waals surface area contributed by atoms with Crippen LogP contribution < -0.4 is 0 Å². The predicted molar refractivity (Wildman–Crippen MR) is 55.8 cm³/mol. The van der Waals surface area contributed by atoms with Crippen molar-refractivity contribution in [1.82, 2.24) is 9.55 Å². The van der Waals surface area contributed by atoms with Gasteiger partial charge in [0.05, 0.1) is 6.33 Å². The number of unbranched alkanes of at least 4 members (excludes halogenated alkanes) is 1. The molecule has 1 aromatic rings. The topological polar surface area (TPSA) is 17.8 Å². The van der Waals surface area contributed by atoms with Gasteiger partial charge >= 0.3 is 0 Å². The number of nitrogens with zero attached hydrogens (tertiary/aromatic N) is 2. The molecule has 0 saturated carbocycles. The van der Waals surface area contributed by atoms with E-state index >= 15 is 0 Å². The third kappa shape index (κ3) is 2.58. The summed E-state index contributed by atoms with van der Waals surface area (Å²) in [6.07, 6.45) is 7.57. The van der Waals surface area contributed by atoms with Crippen LogP contribution in [0.5, 0.6) is 0 Å². The highest BCUT2D eigenvalue weighted by Gasteiger charge is 2.15. The van der Waals surface area contributed by atoms with Crippen LogP contribution in [0.15, 0.2) is 12.5 Å². The first-order valence-electron chi connectivity index (χ1n) is 5.07. The normalized spacial score (nSPS) is 12.0. The molecule has 1 aromatic heterocycles. The quantitative estimate of drug-likeness (QED) is 0.699. The molecule has 0 radical (unpaired) electrons. The first-order chi connectivity index (χ1) is 6.05. The monoisotopic (exact) mass is 180 g/mol. The Hall–Kier alpha value is -0.790. The summed E-state index contributed by atoms with van der Waals surface area (Å²) in [6.45, 7) is 8.86. The van der Waals surface area contributed by atoms with E-state index in [0.717, 1.165) is 6.42 Å². The Labute approximate surface area is 81.0 Å². The van der Waals surface area contributed by atoms with Crippen molar-refractivity contribution >= 4 is 0 Å². The number of hydrogen-bond acceptors (Lipinski definition) is 1. The van der Waals surface area contributed by atoms with Crippen molar-refractivity contribution in [1.29, 1.82) is 0 Å². The summed E-state index contributed by atoms with van der Waals surface area (Å²) in [5, 5.41) is 0. The highest BCUT2D eigenvalue weighted by Crippen LogP contribution is 2.17. The van der Waals surface area contributed by atoms with E-state index in [9.17, 15) is 0 Å². The van der Waals surface area contributed by atoms with Crippen LogP contribution in [0, 0.1) is 0 Å². The van der Waals surface area contributed by atoms with E-state index in [1.165, 1.54) is 18.5 Å². The smallest absolute Gasteiger partial charge is 0.0953 e. The van der Waals surface area contributed by atoms with Crippen LogP contribution in [-0.2, 0) is 12.0 Å². The molecule has 2 heteroatoms. The number of rotatable bonds is 3. The molecule has 0 aliphatic carbocycles. The molecule has 0 N–H and O–H groups in total. The summed E-state index contributed by atoms with van der Waals surface area (Å²) >= 11 is 0. The lowest BCUT2D eigenvalue weighted by Crippen LogP contribution is -2.22. The van der Waals surface area contributed by atoms with Crippen molar-refractivity contribution in [3.63, 3.8) is 0 Å². The summed E-state index contributed by atoms with van der Waals surface area (Å²) in [5.74, 6) is 0. The zero-order chi connectivity index (χ0) is 9.90. The van der Waals surface area contributed by atoms with Crippen molar-refractivity contribution in [2.75, 3.05) is 0 Å². The van der Waals surface area contributed by atoms with Gasteiger partial charge in [-0.25, -0.2) is 4.98 Å². The van der Waals surface area contributed by atoms with Crippen molar-refractivity contribution in [3.8, 4) is 0 Å². The van der Waals surface area contributed by atoms with Gasteiger partial charge in [0.1, 0.15) is 0 Å². The average Bonchev–Trinajstić information content (AvgIpc) is 2.47. The van der Waals surface area contributed by atoms with E-state index in [1.54, 1.807) is 0 Å². The van der Waals surface area contributed by atoms with Crippen LogP contribution in [-0.4, -0.2) is 9.55 Å². The lowest BCUT2D eigenvalue weighted by molar-refractivity contribution is 0.383. The van der Waals surface area contributed by atoms with Crippen LogP contribution in [0.3, 0.4) is 0 Å². The fraction of sp³-hybridized carbons (Fsp3) is 0.727. The largest absolute Gasteiger partial charge is 0.329 e. The Kier molecular flexibility index (Phi) is 3.12. The lowest BCUT2D eigenvalue weighted by atomic mass is 10.1. The molecule has 0 aliphatic heterocycles. The molecule has 1 rings (SSSR count). The minimum absolute atomic E-state index is 0.166. The molecule has 0 fully saturated rings. The SMILES string of the molecule is CCCCc1cncn1C(C)(C)C. The van der Waals surface area contributed by atoms with Gasteiger partial charge in [-0.05, 0) is 33.6 Å².